The highest BCUT2D eigenvalue weighted by molar-refractivity contribution is 6.16. The van der Waals surface area contributed by atoms with Gasteiger partial charge in [-0.15, -0.1) is 0 Å². The number of likely N-dealkylation sites (N-methyl/N-ethyl adjacent to an activating group) is 1. The Hall–Kier alpha value is -3.28. The number of primary amides is 1. The number of allylic oxidation sites excluding steroid dienone is 1. The lowest BCUT2D eigenvalue weighted by Gasteiger charge is -2.53. The molecule has 1 aromatic rings. The van der Waals surface area contributed by atoms with Crippen LogP contribution < -0.4 is 5.73 Å². The quantitative estimate of drug-likeness (QED) is 0.334. The Bertz CT molecular complexity index is 1190. The van der Waals surface area contributed by atoms with Crippen molar-refractivity contribution in [2.24, 2.45) is 23.5 Å². The molecule has 6 N–H and O–H groups in total. The molecule has 1 fully saturated rings. The predicted molar refractivity (Wildman–Crippen MR) is 122 cm³/mol. The molecule has 6 atom stereocenters. The normalized spacial score (nSPS) is 32.1. The molecule has 0 heterocycles. The van der Waals surface area contributed by atoms with Crippen molar-refractivity contribution in [3.8, 4) is 5.75 Å². The zero-order valence-corrected chi connectivity index (χ0v) is 19.8. The monoisotopic (exact) mass is 487 g/mol. The zero-order valence-electron chi connectivity index (χ0n) is 19.8. The molecule has 0 spiro atoms. The van der Waals surface area contributed by atoms with E-state index in [1.807, 2.05) is 0 Å². The number of aliphatic hydroxyl groups is 3. The number of aliphatic hydroxyl groups excluding tert-OH is 2. The number of carbonyl (C=O) groups is 4. The first-order valence-electron chi connectivity index (χ1n) is 11.2. The van der Waals surface area contributed by atoms with Gasteiger partial charge >= 0.3 is 0 Å². The Balaban J connectivity index is 1.95. The van der Waals surface area contributed by atoms with Crippen molar-refractivity contribution >= 4 is 23.4 Å². The third-order valence-electron chi connectivity index (χ3n) is 7.61. The lowest BCUT2D eigenvalue weighted by molar-refractivity contribution is -0.178. The van der Waals surface area contributed by atoms with Crippen LogP contribution in [0.5, 0.6) is 5.75 Å². The number of rotatable bonds is 3. The maximum Gasteiger partial charge on any atom is 0.253 e. The average molecular weight is 488 g/mol. The van der Waals surface area contributed by atoms with Gasteiger partial charge in [0.1, 0.15) is 17.4 Å². The van der Waals surface area contributed by atoms with Gasteiger partial charge < -0.3 is 36.0 Å². The number of amides is 2. The van der Waals surface area contributed by atoms with Crippen LogP contribution in [0.15, 0.2) is 23.5 Å². The molecule has 11 heteroatoms. The molecular formula is C24H29N3O8. The Morgan fingerprint density at radius 1 is 1.11 bits per heavy atom. The molecule has 1 aromatic carbocycles. The number of phenols is 1. The topological polar surface area (TPSA) is 182 Å². The summed E-state index contributed by atoms with van der Waals surface area (Å²) in [7, 11) is 6.28. The third-order valence-corrected chi connectivity index (χ3v) is 7.61. The van der Waals surface area contributed by atoms with E-state index >= 15 is 0 Å². The van der Waals surface area contributed by atoms with Crippen LogP contribution in [0.25, 0.3) is 0 Å². The van der Waals surface area contributed by atoms with Crippen molar-refractivity contribution in [2.75, 3.05) is 28.2 Å². The highest BCUT2D eigenvalue weighted by Gasteiger charge is 2.66. The molecule has 0 aliphatic heterocycles. The van der Waals surface area contributed by atoms with Crippen LogP contribution in [0.1, 0.15) is 32.7 Å². The Kier molecular flexibility index (Phi) is 5.78. The Morgan fingerprint density at radius 2 is 1.74 bits per heavy atom. The minimum Gasteiger partial charge on any atom is -0.508 e. The minimum atomic E-state index is -2.64. The van der Waals surface area contributed by atoms with E-state index in [0.29, 0.717) is 5.56 Å². The molecule has 4 rings (SSSR count). The van der Waals surface area contributed by atoms with Crippen molar-refractivity contribution in [3.05, 3.63) is 40.2 Å². The molecular weight excluding hydrogens is 458 g/mol. The van der Waals surface area contributed by atoms with Gasteiger partial charge in [-0.2, -0.15) is 0 Å². The fourth-order valence-corrected chi connectivity index (χ4v) is 6.05. The molecule has 0 saturated heterocycles. The molecule has 4 unspecified atom stereocenters. The second kappa shape index (κ2) is 8.14. The second-order valence-electron chi connectivity index (χ2n) is 9.98. The first-order valence-corrected chi connectivity index (χ1v) is 11.2. The van der Waals surface area contributed by atoms with Gasteiger partial charge in [0.05, 0.1) is 11.7 Å². The van der Waals surface area contributed by atoms with Crippen LogP contribution in [0.2, 0.25) is 0 Å². The minimum absolute atomic E-state index is 0.0105. The third kappa shape index (κ3) is 3.29. The summed E-state index contributed by atoms with van der Waals surface area (Å²) < 4.78 is 0. The summed E-state index contributed by atoms with van der Waals surface area (Å²) in [6.07, 6.45) is -1.49. The summed E-state index contributed by atoms with van der Waals surface area (Å²) in [6.45, 7) is 0. The molecule has 1 saturated carbocycles. The highest BCUT2D eigenvalue weighted by atomic mass is 16.3. The Morgan fingerprint density at radius 3 is 2.29 bits per heavy atom. The van der Waals surface area contributed by atoms with Crippen molar-refractivity contribution in [3.63, 3.8) is 0 Å². The van der Waals surface area contributed by atoms with E-state index < -0.39 is 64.5 Å². The molecule has 0 bridgehead atoms. The first kappa shape index (κ1) is 24.8. The summed E-state index contributed by atoms with van der Waals surface area (Å²) in [5.41, 5.74) is 2.81. The summed E-state index contributed by atoms with van der Waals surface area (Å²) in [4.78, 5) is 54.6. The van der Waals surface area contributed by atoms with Crippen LogP contribution in [0.3, 0.4) is 0 Å². The Labute approximate surface area is 201 Å². The number of aromatic hydroxyl groups is 1. The molecule has 11 nitrogen and oxygen atoms in total. The lowest BCUT2D eigenvalue weighted by atomic mass is 9.56. The molecule has 0 aromatic heterocycles. The van der Waals surface area contributed by atoms with E-state index in [1.54, 1.807) is 28.2 Å². The number of nitrogens with two attached hydrogens (primary N) is 1. The largest absolute Gasteiger partial charge is 0.508 e. The number of hydrogen-bond acceptors (Lipinski definition) is 9. The SMILES string of the molecule is CN(C)C(=O)c1ccc(O)c2c1C[C@H]1C[C@H]3C(N(C)C)C(O)C(C(N)=O)C(=O)C3(O)C(O)=C1C2=O. The molecule has 0 radical (unpaired) electrons. The number of fused-ring (bicyclic) bond motifs is 3. The van der Waals surface area contributed by atoms with Gasteiger partial charge in [-0.05, 0) is 50.6 Å². The van der Waals surface area contributed by atoms with Crippen molar-refractivity contribution in [1.82, 2.24) is 9.80 Å². The maximum absolute atomic E-state index is 13.6. The van der Waals surface area contributed by atoms with Crippen molar-refractivity contribution < 1.29 is 39.6 Å². The second-order valence-corrected chi connectivity index (χ2v) is 9.98. The van der Waals surface area contributed by atoms with E-state index in [0.717, 1.165) is 0 Å². The van der Waals surface area contributed by atoms with Gasteiger partial charge in [0.2, 0.25) is 5.91 Å². The molecule has 3 aliphatic carbocycles. The van der Waals surface area contributed by atoms with Crippen molar-refractivity contribution in [1.29, 1.82) is 0 Å². The van der Waals surface area contributed by atoms with Crippen LogP contribution in [0, 0.1) is 17.8 Å². The van der Waals surface area contributed by atoms with Crippen LogP contribution in [-0.2, 0) is 16.0 Å². The fourth-order valence-electron chi connectivity index (χ4n) is 6.05. The summed E-state index contributed by atoms with van der Waals surface area (Å²) in [6, 6.07) is 1.67. The molecule has 35 heavy (non-hydrogen) atoms. The summed E-state index contributed by atoms with van der Waals surface area (Å²) in [5, 5.41) is 44.2. The molecule has 188 valence electrons. The lowest BCUT2D eigenvalue weighted by Crippen LogP contribution is -2.71. The van der Waals surface area contributed by atoms with Gasteiger partial charge in [-0.1, -0.05) is 0 Å². The fraction of sp³-hybridized carbons (Fsp3) is 0.500. The van der Waals surface area contributed by atoms with Crippen LogP contribution in [-0.4, -0.2) is 99.5 Å². The zero-order chi connectivity index (χ0) is 26.1. The van der Waals surface area contributed by atoms with E-state index in [2.05, 4.69) is 0 Å². The number of nitrogens with zero attached hydrogens (tertiary/aromatic N) is 2. The maximum atomic E-state index is 13.6. The van der Waals surface area contributed by atoms with E-state index in [-0.39, 0.29) is 35.4 Å². The van der Waals surface area contributed by atoms with Gasteiger partial charge in [0.15, 0.2) is 17.2 Å². The first-order chi connectivity index (χ1) is 16.2. The smallest absolute Gasteiger partial charge is 0.253 e. The van der Waals surface area contributed by atoms with E-state index in [1.165, 1.54) is 21.9 Å². The standard InChI is InChI=1S/C24H29N3O8/c1-26(2)17-12-8-9-7-11-10(23(34)27(3)4)5-6-13(28)15(11)18(29)14(9)20(31)24(12,35)21(32)16(19(17)30)22(25)33/h5-6,9,12,16-17,19,28,30-31,35H,7-8H2,1-4H3,(H2,25,33)/t9-,12-,16?,17?,19?,24?/m0/s1. The predicted octanol–water partition coefficient (Wildman–Crippen LogP) is -1.01. The van der Waals surface area contributed by atoms with Gasteiger partial charge in [-0.25, -0.2) is 0 Å². The number of Topliss-reactive ketones (excluding diaryl/α,β-unsaturated/α-hetero) is 2. The summed E-state index contributed by atoms with van der Waals surface area (Å²) >= 11 is 0. The van der Waals surface area contributed by atoms with Gasteiger partial charge in [0.25, 0.3) is 5.91 Å². The number of hydrogen-bond donors (Lipinski definition) is 5. The van der Waals surface area contributed by atoms with Gasteiger partial charge in [0, 0.05) is 37.2 Å². The van der Waals surface area contributed by atoms with Crippen LogP contribution >= 0.6 is 0 Å². The number of ketones is 2. The summed E-state index contributed by atoms with van der Waals surface area (Å²) in [5.74, 6) is -8.44. The van der Waals surface area contributed by atoms with Gasteiger partial charge in [-0.3, -0.25) is 19.2 Å². The number of phenolic OH excluding ortho intramolecular Hbond substituents is 1. The average Bonchev–Trinajstić information content (AvgIpc) is 2.75. The number of benzene rings is 1. The molecule has 2 amide bonds. The van der Waals surface area contributed by atoms with E-state index in [4.69, 9.17) is 5.73 Å². The van der Waals surface area contributed by atoms with Crippen LogP contribution in [0.4, 0.5) is 0 Å². The molecule has 3 aliphatic rings. The number of carbonyl (C=O) groups excluding carboxylic acids is 4. The van der Waals surface area contributed by atoms with Crippen molar-refractivity contribution in [2.45, 2.75) is 30.6 Å². The van der Waals surface area contributed by atoms with E-state index in [9.17, 15) is 39.6 Å². The highest BCUT2D eigenvalue weighted by Crippen LogP contribution is 2.52.